The van der Waals surface area contributed by atoms with Crippen molar-refractivity contribution in [3.05, 3.63) is 59.1 Å². The molecule has 0 heterocycles. The Morgan fingerprint density at radius 2 is 1.76 bits per heavy atom. The van der Waals surface area contributed by atoms with Crippen molar-refractivity contribution >= 4 is 11.6 Å². The Morgan fingerprint density at radius 3 is 2.41 bits per heavy atom. The van der Waals surface area contributed by atoms with Gasteiger partial charge in [0.15, 0.2) is 0 Å². The molecule has 17 heavy (non-hydrogen) atoms. The van der Waals surface area contributed by atoms with Gasteiger partial charge in [-0.3, -0.25) is 0 Å². The molecule has 0 saturated carbocycles. The summed E-state index contributed by atoms with van der Waals surface area (Å²) in [5, 5.41) is 0.802. The first-order chi connectivity index (χ1) is 8.22. The Hall–Kier alpha value is -1.27. The van der Waals surface area contributed by atoms with Gasteiger partial charge in [0.1, 0.15) is 0 Å². The zero-order valence-corrected chi connectivity index (χ0v) is 11.0. The van der Waals surface area contributed by atoms with Crippen LogP contribution in [0.1, 0.15) is 31.7 Å². The highest BCUT2D eigenvalue weighted by molar-refractivity contribution is 6.30. The normalized spacial score (nSPS) is 12.4. The van der Waals surface area contributed by atoms with Crippen molar-refractivity contribution in [1.82, 2.24) is 0 Å². The van der Waals surface area contributed by atoms with E-state index in [2.05, 4.69) is 50.2 Å². The molecule has 0 N–H and O–H groups in total. The van der Waals surface area contributed by atoms with E-state index in [9.17, 15) is 0 Å². The topological polar surface area (TPSA) is 0 Å². The van der Waals surface area contributed by atoms with Crippen molar-refractivity contribution in [3.8, 4) is 11.1 Å². The van der Waals surface area contributed by atoms with E-state index in [0.29, 0.717) is 5.92 Å². The highest BCUT2D eigenvalue weighted by Gasteiger charge is 2.10. The van der Waals surface area contributed by atoms with Crippen LogP contribution in [-0.4, -0.2) is 0 Å². The Labute approximate surface area is 108 Å². The zero-order chi connectivity index (χ0) is 12.3. The van der Waals surface area contributed by atoms with E-state index >= 15 is 0 Å². The Kier molecular flexibility index (Phi) is 3.86. The first-order valence-corrected chi connectivity index (χ1v) is 6.45. The first kappa shape index (κ1) is 12.2. The average molecular weight is 245 g/mol. The zero-order valence-electron chi connectivity index (χ0n) is 10.3. The van der Waals surface area contributed by atoms with Gasteiger partial charge in [-0.05, 0) is 41.2 Å². The van der Waals surface area contributed by atoms with E-state index in [-0.39, 0.29) is 0 Å². The molecule has 0 amide bonds. The van der Waals surface area contributed by atoms with Gasteiger partial charge in [0.2, 0.25) is 0 Å². The molecule has 1 unspecified atom stereocenters. The van der Waals surface area contributed by atoms with E-state index in [1.807, 2.05) is 12.1 Å². The summed E-state index contributed by atoms with van der Waals surface area (Å²) in [5.74, 6) is 0.558. The molecule has 0 saturated heterocycles. The minimum atomic E-state index is 0.558. The summed E-state index contributed by atoms with van der Waals surface area (Å²) < 4.78 is 0. The van der Waals surface area contributed by atoms with Crippen LogP contribution in [0.2, 0.25) is 5.02 Å². The molecule has 0 aromatic heterocycles. The van der Waals surface area contributed by atoms with E-state index < -0.39 is 0 Å². The molecule has 0 aliphatic carbocycles. The Bertz CT molecular complexity index is 488. The summed E-state index contributed by atoms with van der Waals surface area (Å²) >= 11 is 6.11. The van der Waals surface area contributed by atoms with Crippen LogP contribution < -0.4 is 0 Å². The van der Waals surface area contributed by atoms with Crippen molar-refractivity contribution in [3.63, 3.8) is 0 Å². The standard InChI is InChI=1S/C16H17Cl/c1-3-12(2)15-10-9-14(17)11-16(15)13-7-5-4-6-8-13/h4-12H,3H2,1-2H3. The molecule has 0 bridgehead atoms. The maximum Gasteiger partial charge on any atom is 0.0412 e. The molecular weight excluding hydrogens is 228 g/mol. The van der Waals surface area contributed by atoms with Crippen LogP contribution in [0.5, 0.6) is 0 Å². The quantitative estimate of drug-likeness (QED) is 0.667. The third-order valence-corrected chi connectivity index (χ3v) is 3.48. The number of rotatable bonds is 3. The molecular formula is C16H17Cl. The van der Waals surface area contributed by atoms with Crippen molar-refractivity contribution in [2.45, 2.75) is 26.2 Å². The van der Waals surface area contributed by atoms with Crippen LogP contribution in [0, 0.1) is 0 Å². The highest BCUT2D eigenvalue weighted by Crippen LogP contribution is 2.32. The molecule has 1 atom stereocenters. The fourth-order valence-electron chi connectivity index (χ4n) is 2.05. The molecule has 0 fully saturated rings. The van der Waals surface area contributed by atoms with Gasteiger partial charge in [-0.15, -0.1) is 0 Å². The number of hydrogen-bond acceptors (Lipinski definition) is 0. The van der Waals surface area contributed by atoms with Crippen LogP contribution in [0.25, 0.3) is 11.1 Å². The number of benzene rings is 2. The van der Waals surface area contributed by atoms with Crippen LogP contribution in [-0.2, 0) is 0 Å². The molecule has 2 rings (SSSR count). The van der Waals surface area contributed by atoms with E-state index in [0.717, 1.165) is 11.4 Å². The van der Waals surface area contributed by atoms with Crippen molar-refractivity contribution in [1.29, 1.82) is 0 Å². The molecule has 88 valence electrons. The van der Waals surface area contributed by atoms with Crippen LogP contribution in [0.3, 0.4) is 0 Å². The van der Waals surface area contributed by atoms with Crippen molar-refractivity contribution in [2.75, 3.05) is 0 Å². The average Bonchev–Trinajstić information content (AvgIpc) is 2.39. The second kappa shape index (κ2) is 5.37. The van der Waals surface area contributed by atoms with Gasteiger partial charge >= 0.3 is 0 Å². The minimum absolute atomic E-state index is 0.558. The van der Waals surface area contributed by atoms with Crippen LogP contribution in [0.4, 0.5) is 0 Å². The van der Waals surface area contributed by atoms with E-state index in [1.165, 1.54) is 16.7 Å². The largest absolute Gasteiger partial charge is 0.0843 e. The second-order valence-electron chi connectivity index (χ2n) is 4.41. The lowest BCUT2D eigenvalue weighted by Crippen LogP contribution is -1.95. The molecule has 0 aliphatic heterocycles. The Morgan fingerprint density at radius 1 is 1.06 bits per heavy atom. The summed E-state index contributed by atoms with van der Waals surface area (Å²) in [6.07, 6.45) is 1.14. The lowest BCUT2D eigenvalue weighted by Gasteiger charge is -2.15. The first-order valence-electron chi connectivity index (χ1n) is 6.07. The molecule has 2 aromatic carbocycles. The van der Waals surface area contributed by atoms with Gasteiger partial charge in [-0.2, -0.15) is 0 Å². The summed E-state index contributed by atoms with van der Waals surface area (Å²) in [6.45, 7) is 4.48. The maximum absolute atomic E-state index is 6.11. The molecule has 0 aliphatic rings. The number of halogens is 1. The van der Waals surface area contributed by atoms with Gasteiger partial charge in [0.05, 0.1) is 0 Å². The van der Waals surface area contributed by atoms with Gasteiger partial charge in [-0.1, -0.05) is 61.8 Å². The van der Waals surface area contributed by atoms with E-state index in [4.69, 9.17) is 11.6 Å². The fourth-order valence-corrected chi connectivity index (χ4v) is 2.22. The predicted molar refractivity (Wildman–Crippen MR) is 75.6 cm³/mol. The van der Waals surface area contributed by atoms with Gasteiger partial charge in [0.25, 0.3) is 0 Å². The third kappa shape index (κ3) is 2.70. The van der Waals surface area contributed by atoms with Crippen LogP contribution >= 0.6 is 11.6 Å². The molecule has 0 nitrogen and oxygen atoms in total. The summed E-state index contributed by atoms with van der Waals surface area (Å²) in [6, 6.07) is 16.6. The van der Waals surface area contributed by atoms with Crippen LogP contribution in [0.15, 0.2) is 48.5 Å². The molecule has 0 spiro atoms. The smallest absolute Gasteiger partial charge is 0.0412 e. The Balaban J connectivity index is 2.55. The van der Waals surface area contributed by atoms with E-state index in [1.54, 1.807) is 0 Å². The third-order valence-electron chi connectivity index (χ3n) is 3.24. The minimum Gasteiger partial charge on any atom is -0.0843 e. The lowest BCUT2D eigenvalue weighted by atomic mass is 9.90. The number of hydrogen-bond donors (Lipinski definition) is 0. The second-order valence-corrected chi connectivity index (χ2v) is 4.84. The van der Waals surface area contributed by atoms with Gasteiger partial charge < -0.3 is 0 Å². The highest BCUT2D eigenvalue weighted by atomic mass is 35.5. The predicted octanol–water partition coefficient (Wildman–Crippen LogP) is 5.52. The monoisotopic (exact) mass is 244 g/mol. The van der Waals surface area contributed by atoms with Crippen molar-refractivity contribution < 1.29 is 0 Å². The lowest BCUT2D eigenvalue weighted by molar-refractivity contribution is 0.735. The summed E-state index contributed by atoms with van der Waals surface area (Å²) in [4.78, 5) is 0. The fraction of sp³-hybridized carbons (Fsp3) is 0.250. The molecule has 1 heteroatoms. The van der Waals surface area contributed by atoms with Crippen molar-refractivity contribution in [2.24, 2.45) is 0 Å². The van der Waals surface area contributed by atoms with Gasteiger partial charge in [-0.25, -0.2) is 0 Å². The maximum atomic E-state index is 6.11. The van der Waals surface area contributed by atoms with Gasteiger partial charge in [0, 0.05) is 5.02 Å². The summed E-state index contributed by atoms with van der Waals surface area (Å²) in [5.41, 5.74) is 3.88. The molecule has 0 radical (unpaired) electrons. The SMILES string of the molecule is CCC(C)c1ccc(Cl)cc1-c1ccccc1. The molecule has 2 aromatic rings. The summed E-state index contributed by atoms with van der Waals surface area (Å²) in [7, 11) is 0.